The zero-order valence-electron chi connectivity index (χ0n) is 10.6. The van der Waals surface area contributed by atoms with E-state index in [0.29, 0.717) is 19.4 Å². The predicted octanol–water partition coefficient (Wildman–Crippen LogP) is 1.91. The van der Waals surface area contributed by atoms with Crippen molar-refractivity contribution >= 4 is 5.91 Å². The number of amides is 1. The molecule has 0 spiro atoms. The van der Waals surface area contributed by atoms with Crippen molar-refractivity contribution in [1.82, 2.24) is 5.32 Å². The third kappa shape index (κ3) is 4.76. The second-order valence-electron chi connectivity index (χ2n) is 3.81. The molecule has 0 fully saturated rings. The lowest BCUT2D eigenvalue weighted by Crippen LogP contribution is -2.18. The van der Waals surface area contributed by atoms with Gasteiger partial charge in [0.25, 0.3) is 0 Å². The highest BCUT2D eigenvalue weighted by Gasteiger charge is 2.01. The maximum absolute atomic E-state index is 11.0. The van der Waals surface area contributed by atoms with Crippen LogP contribution in [0.5, 0.6) is 11.5 Å². The number of carbonyl (C=O) groups is 1. The van der Waals surface area contributed by atoms with Crippen molar-refractivity contribution < 1.29 is 14.3 Å². The first-order valence-electron chi connectivity index (χ1n) is 5.64. The highest BCUT2D eigenvalue weighted by atomic mass is 16.5. The van der Waals surface area contributed by atoms with Crippen LogP contribution in [0.25, 0.3) is 0 Å². The van der Waals surface area contributed by atoms with Gasteiger partial charge in [0, 0.05) is 19.5 Å². The molecule has 0 bridgehead atoms. The molecule has 0 atom stereocenters. The fourth-order valence-electron chi connectivity index (χ4n) is 1.46. The standard InChI is InChI=1S/C13H19NO3/c1-10-7-11(16-3)9-12(8-10)17-6-4-5-13(15)14-2/h7-9H,4-6H2,1-3H3,(H,14,15). The van der Waals surface area contributed by atoms with Gasteiger partial charge in [0.1, 0.15) is 11.5 Å². The van der Waals surface area contributed by atoms with Gasteiger partial charge in [-0.2, -0.15) is 0 Å². The smallest absolute Gasteiger partial charge is 0.219 e. The topological polar surface area (TPSA) is 47.6 Å². The lowest BCUT2D eigenvalue weighted by molar-refractivity contribution is -0.120. The summed E-state index contributed by atoms with van der Waals surface area (Å²) in [6, 6.07) is 5.73. The van der Waals surface area contributed by atoms with Crippen molar-refractivity contribution in [1.29, 1.82) is 0 Å². The van der Waals surface area contributed by atoms with Gasteiger partial charge < -0.3 is 14.8 Å². The molecule has 1 aromatic rings. The van der Waals surface area contributed by atoms with E-state index < -0.39 is 0 Å². The summed E-state index contributed by atoms with van der Waals surface area (Å²) >= 11 is 0. The summed E-state index contributed by atoms with van der Waals surface area (Å²) in [5.74, 6) is 1.60. The van der Waals surface area contributed by atoms with Crippen LogP contribution < -0.4 is 14.8 Å². The summed E-state index contributed by atoms with van der Waals surface area (Å²) in [7, 11) is 3.26. The Hall–Kier alpha value is -1.71. The van der Waals surface area contributed by atoms with Crippen LogP contribution in [0.2, 0.25) is 0 Å². The average molecular weight is 237 g/mol. The zero-order valence-corrected chi connectivity index (χ0v) is 10.6. The van der Waals surface area contributed by atoms with E-state index in [0.717, 1.165) is 17.1 Å². The minimum atomic E-state index is 0.0374. The highest BCUT2D eigenvalue weighted by molar-refractivity contribution is 5.75. The minimum Gasteiger partial charge on any atom is -0.497 e. The number of hydrogen-bond donors (Lipinski definition) is 1. The van der Waals surface area contributed by atoms with Gasteiger partial charge in [-0.15, -0.1) is 0 Å². The van der Waals surface area contributed by atoms with E-state index in [9.17, 15) is 4.79 Å². The number of aryl methyl sites for hydroxylation is 1. The van der Waals surface area contributed by atoms with Crippen LogP contribution in [0.1, 0.15) is 18.4 Å². The lowest BCUT2D eigenvalue weighted by Gasteiger charge is -2.09. The molecule has 0 heterocycles. The third-order valence-corrected chi connectivity index (χ3v) is 2.36. The highest BCUT2D eigenvalue weighted by Crippen LogP contribution is 2.22. The predicted molar refractivity (Wildman–Crippen MR) is 66.5 cm³/mol. The molecule has 0 aliphatic heterocycles. The van der Waals surface area contributed by atoms with Crippen LogP contribution in [0.4, 0.5) is 0 Å². The number of ether oxygens (including phenoxy) is 2. The molecule has 1 N–H and O–H groups in total. The number of benzene rings is 1. The molecule has 0 aliphatic rings. The number of rotatable bonds is 6. The van der Waals surface area contributed by atoms with Crippen LogP contribution >= 0.6 is 0 Å². The second kappa shape index (κ2) is 6.78. The molecule has 0 aromatic heterocycles. The molecule has 94 valence electrons. The lowest BCUT2D eigenvalue weighted by atomic mass is 10.2. The summed E-state index contributed by atoms with van der Waals surface area (Å²) in [5, 5.41) is 2.58. The van der Waals surface area contributed by atoms with E-state index in [-0.39, 0.29) is 5.91 Å². The van der Waals surface area contributed by atoms with Gasteiger partial charge in [-0.1, -0.05) is 0 Å². The Balaban J connectivity index is 2.41. The van der Waals surface area contributed by atoms with E-state index in [1.165, 1.54) is 0 Å². The largest absolute Gasteiger partial charge is 0.497 e. The van der Waals surface area contributed by atoms with Gasteiger partial charge in [0.2, 0.25) is 5.91 Å². The Kier molecular flexibility index (Phi) is 5.33. The maximum Gasteiger partial charge on any atom is 0.219 e. The molecular weight excluding hydrogens is 218 g/mol. The van der Waals surface area contributed by atoms with Crippen molar-refractivity contribution in [2.75, 3.05) is 20.8 Å². The molecule has 4 heteroatoms. The first kappa shape index (κ1) is 13.4. The van der Waals surface area contributed by atoms with Crippen molar-refractivity contribution in [2.24, 2.45) is 0 Å². The van der Waals surface area contributed by atoms with Crippen LogP contribution in [-0.4, -0.2) is 26.7 Å². The molecule has 1 rings (SSSR count). The summed E-state index contributed by atoms with van der Waals surface area (Å²) in [4.78, 5) is 11.0. The van der Waals surface area contributed by atoms with Crippen molar-refractivity contribution in [3.63, 3.8) is 0 Å². The number of nitrogens with one attached hydrogen (secondary N) is 1. The van der Waals surface area contributed by atoms with E-state index in [2.05, 4.69) is 5.32 Å². The average Bonchev–Trinajstić information content (AvgIpc) is 2.33. The van der Waals surface area contributed by atoms with Gasteiger partial charge in [-0.3, -0.25) is 4.79 Å². The van der Waals surface area contributed by atoms with E-state index >= 15 is 0 Å². The third-order valence-electron chi connectivity index (χ3n) is 2.36. The van der Waals surface area contributed by atoms with Crippen molar-refractivity contribution in [3.05, 3.63) is 23.8 Å². The molecule has 4 nitrogen and oxygen atoms in total. The van der Waals surface area contributed by atoms with Crippen LogP contribution in [0, 0.1) is 6.92 Å². The summed E-state index contributed by atoms with van der Waals surface area (Å²) in [6.45, 7) is 2.51. The molecule has 1 amide bonds. The van der Waals surface area contributed by atoms with Gasteiger partial charge in [-0.25, -0.2) is 0 Å². The fraction of sp³-hybridized carbons (Fsp3) is 0.462. The summed E-state index contributed by atoms with van der Waals surface area (Å²) in [5.41, 5.74) is 1.09. The van der Waals surface area contributed by atoms with Crippen molar-refractivity contribution in [3.8, 4) is 11.5 Å². The Labute approximate surface area is 102 Å². The molecule has 0 aliphatic carbocycles. The van der Waals surface area contributed by atoms with Gasteiger partial charge in [0.05, 0.1) is 13.7 Å². The zero-order chi connectivity index (χ0) is 12.7. The van der Waals surface area contributed by atoms with E-state index in [4.69, 9.17) is 9.47 Å². The first-order valence-corrected chi connectivity index (χ1v) is 5.64. The van der Waals surface area contributed by atoms with Crippen LogP contribution in [0.15, 0.2) is 18.2 Å². The monoisotopic (exact) mass is 237 g/mol. The minimum absolute atomic E-state index is 0.0374. The maximum atomic E-state index is 11.0. The molecule has 0 radical (unpaired) electrons. The van der Waals surface area contributed by atoms with Crippen LogP contribution in [-0.2, 0) is 4.79 Å². The molecule has 0 saturated heterocycles. The normalized spacial score (nSPS) is 9.82. The Morgan fingerprint density at radius 1 is 1.29 bits per heavy atom. The second-order valence-corrected chi connectivity index (χ2v) is 3.81. The van der Waals surface area contributed by atoms with Crippen LogP contribution in [0.3, 0.4) is 0 Å². The van der Waals surface area contributed by atoms with Gasteiger partial charge in [0.15, 0.2) is 0 Å². The molecule has 0 unspecified atom stereocenters. The fourth-order valence-corrected chi connectivity index (χ4v) is 1.46. The summed E-state index contributed by atoms with van der Waals surface area (Å²) in [6.07, 6.45) is 1.19. The van der Waals surface area contributed by atoms with Gasteiger partial charge in [-0.05, 0) is 31.0 Å². The quantitative estimate of drug-likeness (QED) is 0.769. The van der Waals surface area contributed by atoms with Gasteiger partial charge >= 0.3 is 0 Å². The first-order chi connectivity index (χ1) is 8.15. The number of methoxy groups -OCH3 is 1. The molecule has 1 aromatic carbocycles. The Morgan fingerprint density at radius 3 is 2.65 bits per heavy atom. The Morgan fingerprint density at radius 2 is 2.00 bits per heavy atom. The molecule has 17 heavy (non-hydrogen) atoms. The SMILES string of the molecule is CNC(=O)CCCOc1cc(C)cc(OC)c1. The molecule has 0 saturated carbocycles. The van der Waals surface area contributed by atoms with E-state index in [1.807, 2.05) is 25.1 Å². The number of carbonyl (C=O) groups excluding carboxylic acids is 1. The Bertz CT molecular complexity index is 377. The molecular formula is C13H19NO3. The van der Waals surface area contributed by atoms with Crippen molar-refractivity contribution in [2.45, 2.75) is 19.8 Å². The van der Waals surface area contributed by atoms with E-state index in [1.54, 1.807) is 14.2 Å². The summed E-state index contributed by atoms with van der Waals surface area (Å²) < 4.78 is 10.7. The number of hydrogen-bond acceptors (Lipinski definition) is 3.